The quantitative estimate of drug-likeness (QED) is 0.683. The summed E-state index contributed by atoms with van der Waals surface area (Å²) in [6.45, 7) is 5.55. The summed E-state index contributed by atoms with van der Waals surface area (Å²) < 4.78 is 5.62. The lowest BCUT2D eigenvalue weighted by atomic mass is 10.2. The summed E-state index contributed by atoms with van der Waals surface area (Å²) in [4.78, 5) is 24.3. The van der Waals surface area contributed by atoms with Crippen LogP contribution in [0.2, 0.25) is 0 Å². The van der Waals surface area contributed by atoms with Crippen LogP contribution >= 0.6 is 11.3 Å². The van der Waals surface area contributed by atoms with E-state index in [-0.39, 0.29) is 18.2 Å². The summed E-state index contributed by atoms with van der Waals surface area (Å²) in [5.74, 6) is 1.73. The molecule has 0 spiro atoms. The van der Waals surface area contributed by atoms with E-state index in [2.05, 4.69) is 31.6 Å². The molecule has 0 bridgehead atoms. The lowest BCUT2D eigenvalue weighted by Crippen LogP contribution is -2.39. The van der Waals surface area contributed by atoms with Gasteiger partial charge in [-0.1, -0.05) is 0 Å². The van der Waals surface area contributed by atoms with E-state index in [1.54, 1.807) is 17.7 Å². The van der Waals surface area contributed by atoms with Crippen molar-refractivity contribution in [1.82, 2.24) is 15.3 Å². The molecule has 3 heterocycles. The van der Waals surface area contributed by atoms with E-state index in [0.29, 0.717) is 0 Å². The molecule has 0 aliphatic carbocycles. The number of aromatic nitrogens is 2. The number of hydrogen-bond acceptors (Lipinski definition) is 6. The van der Waals surface area contributed by atoms with Gasteiger partial charge in [-0.3, -0.25) is 0 Å². The van der Waals surface area contributed by atoms with Gasteiger partial charge in [0.15, 0.2) is 0 Å². The molecule has 1 aromatic carbocycles. The Balaban J connectivity index is 1.33. The van der Waals surface area contributed by atoms with Crippen LogP contribution in [0.5, 0.6) is 5.75 Å². The zero-order valence-corrected chi connectivity index (χ0v) is 16.7. The maximum atomic E-state index is 12.3. The third-order valence-electron chi connectivity index (χ3n) is 4.55. The Bertz CT molecular complexity index is 957. The van der Waals surface area contributed by atoms with E-state index in [9.17, 15) is 4.79 Å². The van der Waals surface area contributed by atoms with Gasteiger partial charge in [-0.2, -0.15) is 0 Å². The first kappa shape index (κ1) is 18.5. The number of ether oxygens (including phenoxy) is 1. The Kier molecular flexibility index (Phi) is 5.29. The number of fused-ring (bicyclic) bond motifs is 1. The number of amides is 2. The summed E-state index contributed by atoms with van der Waals surface area (Å²) in [7, 11) is 0. The van der Waals surface area contributed by atoms with E-state index < -0.39 is 0 Å². The second-order valence-corrected chi connectivity index (χ2v) is 7.95. The van der Waals surface area contributed by atoms with Crippen LogP contribution in [0, 0.1) is 0 Å². The molecule has 2 amide bonds. The van der Waals surface area contributed by atoms with Gasteiger partial charge in [-0.25, -0.2) is 14.8 Å². The number of thiophene rings is 1. The van der Waals surface area contributed by atoms with Gasteiger partial charge in [-0.15, -0.1) is 11.3 Å². The predicted octanol–water partition coefficient (Wildman–Crippen LogP) is 3.88. The minimum atomic E-state index is -0.201. The molecule has 1 saturated heterocycles. The lowest BCUT2D eigenvalue weighted by Gasteiger charge is -2.18. The van der Waals surface area contributed by atoms with Crippen molar-refractivity contribution in [2.75, 3.05) is 23.3 Å². The third kappa shape index (κ3) is 4.17. The van der Waals surface area contributed by atoms with Crippen LogP contribution in [0.3, 0.4) is 0 Å². The molecule has 8 heteroatoms. The molecule has 1 aliphatic heterocycles. The first-order chi connectivity index (χ1) is 13.6. The number of benzene rings is 1. The summed E-state index contributed by atoms with van der Waals surface area (Å²) in [5.41, 5.74) is 0.735. The van der Waals surface area contributed by atoms with Gasteiger partial charge in [0.25, 0.3) is 0 Å². The Labute approximate surface area is 167 Å². The van der Waals surface area contributed by atoms with Gasteiger partial charge in [-0.05, 0) is 56.0 Å². The van der Waals surface area contributed by atoms with Gasteiger partial charge in [0.05, 0.1) is 11.5 Å². The van der Waals surface area contributed by atoms with Crippen molar-refractivity contribution < 1.29 is 9.53 Å². The number of anilines is 2. The summed E-state index contributed by atoms with van der Waals surface area (Å²) >= 11 is 1.61. The third-order valence-corrected chi connectivity index (χ3v) is 5.37. The topological polar surface area (TPSA) is 79.4 Å². The minimum Gasteiger partial charge on any atom is -0.491 e. The van der Waals surface area contributed by atoms with Crippen molar-refractivity contribution in [3.8, 4) is 5.75 Å². The van der Waals surface area contributed by atoms with Gasteiger partial charge < -0.3 is 20.3 Å². The zero-order chi connectivity index (χ0) is 19.5. The highest BCUT2D eigenvalue weighted by Crippen LogP contribution is 2.29. The molecule has 0 radical (unpaired) electrons. The van der Waals surface area contributed by atoms with E-state index in [0.717, 1.165) is 47.0 Å². The molecule has 2 aromatic heterocycles. The molecule has 1 fully saturated rings. The smallest absolute Gasteiger partial charge is 0.319 e. The molecule has 146 valence electrons. The summed E-state index contributed by atoms with van der Waals surface area (Å²) in [6, 6.07) is 9.32. The molecular formula is C20H23N5O2S. The van der Waals surface area contributed by atoms with Crippen molar-refractivity contribution in [3.63, 3.8) is 0 Å². The fourth-order valence-electron chi connectivity index (χ4n) is 3.34. The van der Waals surface area contributed by atoms with Crippen LogP contribution in [0.1, 0.15) is 20.3 Å². The lowest BCUT2D eigenvalue weighted by molar-refractivity contribution is 0.242. The zero-order valence-electron chi connectivity index (χ0n) is 15.9. The van der Waals surface area contributed by atoms with E-state index in [4.69, 9.17) is 4.74 Å². The molecule has 2 N–H and O–H groups in total. The second kappa shape index (κ2) is 8.02. The first-order valence-electron chi connectivity index (χ1n) is 9.36. The van der Waals surface area contributed by atoms with Crippen molar-refractivity contribution >= 4 is 39.1 Å². The largest absolute Gasteiger partial charge is 0.491 e. The Hall–Kier alpha value is -2.87. The van der Waals surface area contributed by atoms with E-state index in [1.165, 1.54) is 0 Å². The standard InChI is InChI=1S/C20H23N5O2S/c1-13(2)27-16-5-3-14(4-6-16)23-20(26)24-15-7-9-25(11-15)18-17-8-10-28-19(17)22-12-21-18/h3-6,8,10,12-13,15H,7,9,11H2,1-2H3,(H2,23,24,26). The van der Waals surface area contributed by atoms with Crippen LogP contribution in [0.15, 0.2) is 42.0 Å². The molecular weight excluding hydrogens is 374 g/mol. The van der Waals surface area contributed by atoms with Gasteiger partial charge in [0, 0.05) is 24.8 Å². The van der Waals surface area contributed by atoms with Crippen LogP contribution in [0.4, 0.5) is 16.3 Å². The second-order valence-electron chi connectivity index (χ2n) is 7.06. The van der Waals surface area contributed by atoms with Crippen LogP contribution < -0.4 is 20.3 Å². The highest BCUT2D eigenvalue weighted by molar-refractivity contribution is 7.16. The van der Waals surface area contributed by atoms with Gasteiger partial charge in [0.2, 0.25) is 0 Å². The summed E-state index contributed by atoms with van der Waals surface area (Å²) in [6.07, 6.45) is 2.61. The normalized spacial score (nSPS) is 16.5. The highest BCUT2D eigenvalue weighted by atomic mass is 32.1. The number of carbonyl (C=O) groups is 1. The maximum absolute atomic E-state index is 12.3. The van der Waals surface area contributed by atoms with E-state index >= 15 is 0 Å². The molecule has 3 aromatic rings. The van der Waals surface area contributed by atoms with Crippen LogP contribution in [-0.4, -0.2) is 41.2 Å². The van der Waals surface area contributed by atoms with Crippen molar-refractivity contribution in [1.29, 1.82) is 0 Å². The Morgan fingerprint density at radius 1 is 1.25 bits per heavy atom. The fourth-order valence-corrected chi connectivity index (χ4v) is 4.07. The molecule has 28 heavy (non-hydrogen) atoms. The number of nitrogens with zero attached hydrogens (tertiary/aromatic N) is 3. The Morgan fingerprint density at radius 3 is 2.86 bits per heavy atom. The molecule has 1 aliphatic rings. The average Bonchev–Trinajstić information content (AvgIpc) is 3.32. The van der Waals surface area contributed by atoms with Gasteiger partial charge >= 0.3 is 6.03 Å². The highest BCUT2D eigenvalue weighted by Gasteiger charge is 2.26. The average molecular weight is 398 g/mol. The number of hydrogen-bond donors (Lipinski definition) is 2. The van der Waals surface area contributed by atoms with E-state index in [1.807, 2.05) is 43.5 Å². The summed E-state index contributed by atoms with van der Waals surface area (Å²) in [5, 5.41) is 9.03. The fraction of sp³-hybridized carbons (Fsp3) is 0.350. The molecule has 1 atom stereocenters. The maximum Gasteiger partial charge on any atom is 0.319 e. The van der Waals surface area contributed by atoms with Gasteiger partial charge in [0.1, 0.15) is 22.7 Å². The van der Waals surface area contributed by atoms with Crippen LogP contribution in [0.25, 0.3) is 10.2 Å². The SMILES string of the molecule is CC(C)Oc1ccc(NC(=O)NC2CCN(c3ncnc4sccc34)C2)cc1. The molecule has 4 rings (SSSR count). The van der Waals surface area contributed by atoms with Crippen LogP contribution in [-0.2, 0) is 0 Å². The van der Waals surface area contributed by atoms with Crippen molar-refractivity contribution in [2.45, 2.75) is 32.4 Å². The number of carbonyl (C=O) groups excluding carboxylic acids is 1. The number of rotatable bonds is 5. The first-order valence-corrected chi connectivity index (χ1v) is 10.2. The minimum absolute atomic E-state index is 0.0761. The van der Waals surface area contributed by atoms with Crippen molar-refractivity contribution in [3.05, 3.63) is 42.0 Å². The van der Waals surface area contributed by atoms with Crippen molar-refractivity contribution in [2.24, 2.45) is 0 Å². The number of nitrogens with one attached hydrogen (secondary N) is 2. The molecule has 7 nitrogen and oxygen atoms in total. The predicted molar refractivity (Wildman–Crippen MR) is 112 cm³/mol. The molecule has 1 unspecified atom stereocenters. The number of urea groups is 1. The monoisotopic (exact) mass is 397 g/mol. The Morgan fingerprint density at radius 2 is 2.07 bits per heavy atom. The molecule has 0 saturated carbocycles.